The number of fused-ring (bicyclic) bond motifs is 1. The van der Waals surface area contributed by atoms with Crippen molar-refractivity contribution in [2.75, 3.05) is 4.72 Å². The Morgan fingerprint density at radius 2 is 2.04 bits per heavy atom. The molecule has 0 fully saturated rings. The van der Waals surface area contributed by atoms with Crippen LogP contribution < -0.4 is 4.72 Å². The van der Waals surface area contributed by atoms with Gasteiger partial charge in [-0.25, -0.2) is 8.42 Å². The number of nitrogens with one attached hydrogen (secondary N) is 2. The van der Waals surface area contributed by atoms with E-state index < -0.39 is 31.3 Å². The summed E-state index contributed by atoms with van der Waals surface area (Å²) in [7, 11) is -4.21. The third-order valence-electron chi connectivity index (χ3n) is 3.83. The first-order valence-electron chi connectivity index (χ1n) is 7.22. The summed E-state index contributed by atoms with van der Waals surface area (Å²) in [5.74, 6) is -1.13. The van der Waals surface area contributed by atoms with Gasteiger partial charge < -0.3 is 4.98 Å². The Kier molecular flexibility index (Phi) is 4.09. The number of nitro groups is 1. The van der Waals surface area contributed by atoms with Crippen LogP contribution in [0.3, 0.4) is 0 Å². The zero-order chi connectivity index (χ0) is 19.1. The Morgan fingerprint density at radius 1 is 1.31 bits per heavy atom. The zero-order valence-corrected chi connectivity index (χ0v) is 14.1. The fourth-order valence-electron chi connectivity index (χ4n) is 2.60. The molecule has 0 aliphatic carbocycles. The summed E-state index contributed by atoms with van der Waals surface area (Å²) in [6.45, 7) is 1.78. The molecule has 0 spiro atoms. The van der Waals surface area contributed by atoms with Gasteiger partial charge in [-0.1, -0.05) is 6.07 Å². The Bertz CT molecular complexity index is 1190. The van der Waals surface area contributed by atoms with E-state index >= 15 is 0 Å². The SMILES string of the molecule is Cc1ccc(NS(=O)(=O)c2ccc(F)c([N+](=O)[O-])c2)c2[nH]cc(C#N)c12. The summed E-state index contributed by atoms with van der Waals surface area (Å²) in [4.78, 5) is 12.2. The van der Waals surface area contributed by atoms with E-state index in [9.17, 15) is 22.9 Å². The van der Waals surface area contributed by atoms with Gasteiger partial charge in [0.1, 0.15) is 6.07 Å². The minimum atomic E-state index is -4.21. The molecule has 132 valence electrons. The summed E-state index contributed by atoms with van der Waals surface area (Å²) < 4.78 is 40.9. The van der Waals surface area contributed by atoms with Crippen molar-refractivity contribution in [3.05, 3.63) is 63.6 Å². The lowest BCUT2D eigenvalue weighted by Crippen LogP contribution is -2.14. The van der Waals surface area contributed by atoms with Gasteiger partial charge in [-0.15, -0.1) is 0 Å². The summed E-state index contributed by atoms with van der Waals surface area (Å²) in [5.41, 5.74) is 0.767. The maximum Gasteiger partial charge on any atom is 0.306 e. The molecule has 1 heterocycles. The van der Waals surface area contributed by atoms with E-state index in [1.54, 1.807) is 13.0 Å². The second kappa shape index (κ2) is 6.12. The highest BCUT2D eigenvalue weighted by Crippen LogP contribution is 2.30. The van der Waals surface area contributed by atoms with Crippen LogP contribution in [-0.4, -0.2) is 18.3 Å². The van der Waals surface area contributed by atoms with Crippen molar-refractivity contribution < 1.29 is 17.7 Å². The predicted molar refractivity (Wildman–Crippen MR) is 91.6 cm³/mol. The first-order valence-corrected chi connectivity index (χ1v) is 8.70. The summed E-state index contributed by atoms with van der Waals surface area (Å²) in [5, 5.41) is 20.5. The fraction of sp³-hybridized carbons (Fsp3) is 0.0625. The van der Waals surface area contributed by atoms with Gasteiger partial charge in [0.15, 0.2) is 0 Å². The average molecular weight is 374 g/mol. The number of benzene rings is 2. The van der Waals surface area contributed by atoms with E-state index in [0.29, 0.717) is 22.5 Å². The third-order valence-corrected chi connectivity index (χ3v) is 5.20. The molecule has 0 saturated heterocycles. The number of aryl methyl sites for hydroxylation is 1. The van der Waals surface area contributed by atoms with E-state index in [0.717, 1.165) is 17.7 Å². The van der Waals surface area contributed by atoms with Crippen LogP contribution in [0.1, 0.15) is 11.1 Å². The molecule has 0 saturated carbocycles. The van der Waals surface area contributed by atoms with Gasteiger partial charge in [-0.2, -0.15) is 9.65 Å². The molecule has 10 heteroatoms. The number of nitrogens with zero attached hydrogens (tertiary/aromatic N) is 2. The molecular weight excluding hydrogens is 363 g/mol. The van der Waals surface area contributed by atoms with Crippen LogP contribution in [-0.2, 0) is 10.0 Å². The summed E-state index contributed by atoms with van der Waals surface area (Å²) >= 11 is 0. The van der Waals surface area contributed by atoms with E-state index in [4.69, 9.17) is 5.26 Å². The normalized spacial score (nSPS) is 11.3. The first-order chi connectivity index (χ1) is 12.2. The number of halogens is 1. The molecular formula is C16H11FN4O4S. The average Bonchev–Trinajstić information content (AvgIpc) is 3.02. The number of hydrogen-bond acceptors (Lipinski definition) is 5. The highest BCUT2D eigenvalue weighted by atomic mass is 32.2. The molecule has 3 rings (SSSR count). The maximum atomic E-state index is 13.4. The number of aromatic amines is 1. The smallest absolute Gasteiger partial charge is 0.306 e. The van der Waals surface area contributed by atoms with Crippen molar-refractivity contribution in [2.45, 2.75) is 11.8 Å². The highest BCUT2D eigenvalue weighted by Gasteiger charge is 2.23. The van der Waals surface area contributed by atoms with Crippen LogP contribution in [0.5, 0.6) is 0 Å². The molecule has 0 bridgehead atoms. The molecule has 0 amide bonds. The van der Waals surface area contributed by atoms with Crippen molar-refractivity contribution in [1.29, 1.82) is 5.26 Å². The van der Waals surface area contributed by atoms with Crippen molar-refractivity contribution in [3.8, 4) is 6.07 Å². The number of nitriles is 1. The number of rotatable bonds is 4. The van der Waals surface area contributed by atoms with Crippen molar-refractivity contribution in [3.63, 3.8) is 0 Å². The second-order valence-electron chi connectivity index (χ2n) is 5.47. The topological polar surface area (TPSA) is 129 Å². The monoisotopic (exact) mass is 374 g/mol. The molecule has 0 aliphatic rings. The minimum Gasteiger partial charge on any atom is -0.358 e. The number of sulfonamides is 1. The molecule has 1 aromatic heterocycles. The lowest BCUT2D eigenvalue weighted by molar-refractivity contribution is -0.387. The number of H-pyrrole nitrogens is 1. The first kappa shape index (κ1) is 17.4. The van der Waals surface area contributed by atoms with Crippen molar-refractivity contribution in [1.82, 2.24) is 4.98 Å². The van der Waals surface area contributed by atoms with E-state index in [-0.39, 0.29) is 5.69 Å². The molecule has 0 aliphatic heterocycles. The number of anilines is 1. The van der Waals surface area contributed by atoms with Gasteiger partial charge in [0.05, 0.1) is 26.6 Å². The molecule has 3 aromatic rings. The predicted octanol–water partition coefficient (Wildman–Crippen LogP) is 3.20. The number of nitro benzene ring substituents is 1. The van der Waals surface area contributed by atoms with Crippen molar-refractivity contribution >= 4 is 32.3 Å². The Balaban J connectivity index is 2.09. The highest BCUT2D eigenvalue weighted by molar-refractivity contribution is 7.92. The summed E-state index contributed by atoms with van der Waals surface area (Å²) in [6, 6.07) is 7.47. The lowest BCUT2D eigenvalue weighted by Gasteiger charge is -2.10. The second-order valence-corrected chi connectivity index (χ2v) is 7.15. The quantitative estimate of drug-likeness (QED) is 0.535. The molecule has 8 nitrogen and oxygen atoms in total. The molecule has 0 atom stereocenters. The maximum absolute atomic E-state index is 13.4. The van der Waals surface area contributed by atoms with E-state index in [1.807, 2.05) is 6.07 Å². The lowest BCUT2D eigenvalue weighted by atomic mass is 10.1. The Morgan fingerprint density at radius 3 is 2.69 bits per heavy atom. The van der Waals surface area contributed by atoms with Crippen LogP contribution in [0, 0.1) is 34.2 Å². The standard InChI is InChI=1S/C16H11FN4O4S/c1-9-2-5-13(16-15(9)10(7-18)8-19-16)20-26(24,25)11-3-4-12(17)14(6-11)21(22)23/h2-6,8,19-20H,1H3. The third kappa shape index (κ3) is 2.84. The number of hydrogen-bond donors (Lipinski definition) is 2. The van der Waals surface area contributed by atoms with E-state index in [1.165, 1.54) is 12.3 Å². The van der Waals surface area contributed by atoms with Crippen LogP contribution in [0.15, 0.2) is 41.4 Å². The Hall–Kier alpha value is -3.45. The van der Waals surface area contributed by atoms with Gasteiger partial charge in [0.25, 0.3) is 10.0 Å². The van der Waals surface area contributed by atoms with Crippen LogP contribution in [0.25, 0.3) is 10.9 Å². The van der Waals surface area contributed by atoms with Gasteiger partial charge in [0, 0.05) is 17.6 Å². The van der Waals surface area contributed by atoms with Gasteiger partial charge >= 0.3 is 5.69 Å². The van der Waals surface area contributed by atoms with Crippen molar-refractivity contribution in [2.24, 2.45) is 0 Å². The molecule has 0 radical (unpaired) electrons. The Labute approximate surface area is 147 Å². The van der Waals surface area contributed by atoms with Crippen LogP contribution in [0.2, 0.25) is 0 Å². The molecule has 2 N–H and O–H groups in total. The summed E-state index contributed by atoms with van der Waals surface area (Å²) in [6.07, 6.45) is 1.46. The molecule has 2 aromatic carbocycles. The molecule has 0 unspecified atom stereocenters. The largest absolute Gasteiger partial charge is 0.358 e. The fourth-order valence-corrected chi connectivity index (χ4v) is 3.69. The van der Waals surface area contributed by atoms with Gasteiger partial charge in [-0.05, 0) is 30.7 Å². The minimum absolute atomic E-state index is 0.166. The van der Waals surface area contributed by atoms with Crippen LogP contribution >= 0.6 is 0 Å². The molecule has 26 heavy (non-hydrogen) atoms. The van der Waals surface area contributed by atoms with Crippen LogP contribution in [0.4, 0.5) is 15.8 Å². The van der Waals surface area contributed by atoms with Gasteiger partial charge in [-0.3, -0.25) is 14.8 Å². The van der Waals surface area contributed by atoms with Gasteiger partial charge in [0.2, 0.25) is 5.82 Å². The number of aromatic nitrogens is 1. The van der Waals surface area contributed by atoms with E-state index in [2.05, 4.69) is 9.71 Å². The zero-order valence-electron chi connectivity index (χ0n) is 13.3.